The number of aliphatic imine (C=N–C) groups is 1. The summed E-state index contributed by atoms with van der Waals surface area (Å²) >= 11 is 0. The van der Waals surface area contributed by atoms with Gasteiger partial charge in [0.2, 0.25) is 0 Å². The Morgan fingerprint density at radius 1 is 1.06 bits per heavy atom. The lowest BCUT2D eigenvalue weighted by Crippen LogP contribution is -2.36. The average molecular weight is 562 g/mol. The molecule has 31 heavy (non-hydrogen) atoms. The summed E-state index contributed by atoms with van der Waals surface area (Å²) in [7, 11) is 0.525. The van der Waals surface area contributed by atoms with Gasteiger partial charge in [0.15, 0.2) is 15.8 Å². The second-order valence-electron chi connectivity index (χ2n) is 7.41. The molecule has 0 heterocycles. The predicted molar refractivity (Wildman–Crippen MR) is 136 cm³/mol. The topological polar surface area (TPSA) is 73.8 Å². The molecule has 0 spiro atoms. The molecule has 9 heteroatoms. The molecule has 0 saturated carbocycles. The van der Waals surface area contributed by atoms with E-state index in [0.29, 0.717) is 23.6 Å². The smallest absolute Gasteiger partial charge is 0.191 e. The number of hydrogen-bond acceptors (Lipinski definition) is 4. The van der Waals surface area contributed by atoms with Gasteiger partial charge in [-0.2, -0.15) is 0 Å². The Morgan fingerprint density at radius 2 is 1.74 bits per heavy atom. The highest BCUT2D eigenvalue weighted by atomic mass is 127. The van der Waals surface area contributed by atoms with Crippen LogP contribution in [0, 0.1) is 5.82 Å². The molecule has 0 saturated heterocycles. The van der Waals surface area contributed by atoms with E-state index in [1.54, 1.807) is 7.05 Å². The molecule has 2 N–H and O–H groups in total. The first kappa shape index (κ1) is 27.3. The summed E-state index contributed by atoms with van der Waals surface area (Å²) in [5.74, 6) is 0.0245. The summed E-state index contributed by atoms with van der Waals surface area (Å²) in [6.07, 6.45) is 1.17. The Balaban J connectivity index is 0.00000480. The highest BCUT2D eigenvalue weighted by molar-refractivity contribution is 14.0. The summed E-state index contributed by atoms with van der Waals surface area (Å²) < 4.78 is 37.0. The van der Waals surface area contributed by atoms with E-state index in [1.165, 1.54) is 30.0 Å². The number of rotatable bonds is 9. The quantitative estimate of drug-likeness (QED) is 0.279. The van der Waals surface area contributed by atoms with Gasteiger partial charge in [0, 0.05) is 32.9 Å². The standard InChI is InChI=1S/C22H31FN4O2S.HI/c1-5-27(3)15-18-8-6-7-17(11-18)13-25-22(24-2)26-14-20-12-21(23)10-9-19(20)16-30(4,28)29;/h6-12H,5,13-16H2,1-4H3,(H2,24,25,26);1H. The molecule has 2 aromatic rings. The molecule has 2 rings (SSSR count). The first-order valence-electron chi connectivity index (χ1n) is 9.86. The van der Waals surface area contributed by atoms with E-state index in [1.807, 2.05) is 12.1 Å². The van der Waals surface area contributed by atoms with Gasteiger partial charge >= 0.3 is 0 Å². The van der Waals surface area contributed by atoms with Crippen LogP contribution in [-0.2, 0) is 35.2 Å². The van der Waals surface area contributed by atoms with E-state index in [2.05, 4.69) is 46.6 Å². The molecule has 0 fully saturated rings. The van der Waals surface area contributed by atoms with Crippen molar-refractivity contribution in [2.75, 3.05) is 26.9 Å². The van der Waals surface area contributed by atoms with Crippen molar-refractivity contribution in [3.8, 4) is 0 Å². The SMILES string of the molecule is CCN(C)Cc1cccc(CNC(=NC)NCc2cc(F)ccc2CS(C)(=O)=O)c1.I. The van der Waals surface area contributed by atoms with Crippen molar-refractivity contribution in [2.24, 2.45) is 4.99 Å². The number of halogens is 2. The van der Waals surface area contributed by atoms with Gasteiger partial charge in [0.25, 0.3) is 0 Å². The van der Waals surface area contributed by atoms with Gasteiger partial charge in [-0.25, -0.2) is 12.8 Å². The van der Waals surface area contributed by atoms with Crippen LogP contribution in [0.1, 0.15) is 29.2 Å². The van der Waals surface area contributed by atoms with Crippen LogP contribution in [0.15, 0.2) is 47.5 Å². The van der Waals surface area contributed by atoms with Crippen molar-refractivity contribution in [2.45, 2.75) is 32.3 Å². The van der Waals surface area contributed by atoms with Crippen LogP contribution in [-0.4, -0.2) is 46.2 Å². The first-order valence-corrected chi connectivity index (χ1v) is 11.9. The molecule has 0 bridgehead atoms. The van der Waals surface area contributed by atoms with Crippen LogP contribution >= 0.6 is 24.0 Å². The fraction of sp³-hybridized carbons (Fsp3) is 0.409. The van der Waals surface area contributed by atoms with Crippen molar-refractivity contribution in [3.05, 3.63) is 70.5 Å². The van der Waals surface area contributed by atoms with E-state index >= 15 is 0 Å². The van der Waals surface area contributed by atoms with Gasteiger partial charge in [0.1, 0.15) is 5.82 Å². The first-order chi connectivity index (χ1) is 14.2. The maximum atomic E-state index is 13.7. The summed E-state index contributed by atoms with van der Waals surface area (Å²) in [5.41, 5.74) is 3.54. The highest BCUT2D eigenvalue weighted by Gasteiger charge is 2.11. The molecule has 0 aromatic heterocycles. The van der Waals surface area contributed by atoms with Crippen molar-refractivity contribution >= 4 is 39.8 Å². The molecule has 0 aliphatic heterocycles. The molecule has 0 aliphatic rings. The minimum Gasteiger partial charge on any atom is -0.352 e. The number of nitrogens with zero attached hydrogens (tertiary/aromatic N) is 2. The second-order valence-corrected chi connectivity index (χ2v) is 9.55. The third-order valence-electron chi connectivity index (χ3n) is 4.70. The van der Waals surface area contributed by atoms with Crippen LogP contribution < -0.4 is 10.6 Å². The largest absolute Gasteiger partial charge is 0.352 e. The van der Waals surface area contributed by atoms with Crippen LogP contribution in [0.3, 0.4) is 0 Å². The zero-order valence-electron chi connectivity index (χ0n) is 18.5. The Morgan fingerprint density at radius 3 is 2.39 bits per heavy atom. The van der Waals surface area contributed by atoms with E-state index in [-0.39, 0.29) is 36.3 Å². The van der Waals surface area contributed by atoms with Gasteiger partial charge in [-0.15, -0.1) is 24.0 Å². The van der Waals surface area contributed by atoms with Crippen molar-refractivity contribution in [1.82, 2.24) is 15.5 Å². The summed E-state index contributed by atoms with van der Waals surface area (Å²) in [5, 5.41) is 6.38. The Hall–Kier alpha value is -1.72. The number of hydrogen-bond donors (Lipinski definition) is 2. The minimum atomic E-state index is -3.22. The number of benzene rings is 2. The molecule has 0 aliphatic carbocycles. The molecule has 0 amide bonds. The van der Waals surface area contributed by atoms with Crippen LogP contribution in [0.2, 0.25) is 0 Å². The predicted octanol–water partition coefficient (Wildman–Crippen LogP) is 3.31. The normalized spacial score (nSPS) is 11.9. The van der Waals surface area contributed by atoms with Gasteiger partial charge in [-0.05, 0) is 48.0 Å². The van der Waals surface area contributed by atoms with Crippen molar-refractivity contribution in [3.63, 3.8) is 0 Å². The maximum absolute atomic E-state index is 13.7. The number of sulfone groups is 1. The summed E-state index contributed by atoms with van der Waals surface area (Å²) in [6.45, 7) is 4.85. The lowest BCUT2D eigenvalue weighted by atomic mass is 10.1. The van der Waals surface area contributed by atoms with Crippen LogP contribution in [0.25, 0.3) is 0 Å². The third kappa shape index (κ3) is 9.96. The van der Waals surface area contributed by atoms with E-state index in [0.717, 1.165) is 18.7 Å². The van der Waals surface area contributed by atoms with Crippen LogP contribution in [0.5, 0.6) is 0 Å². The average Bonchev–Trinajstić information content (AvgIpc) is 2.69. The lowest BCUT2D eigenvalue weighted by Gasteiger charge is -2.16. The van der Waals surface area contributed by atoms with Crippen molar-refractivity contribution in [1.29, 1.82) is 0 Å². The van der Waals surface area contributed by atoms with Crippen molar-refractivity contribution < 1.29 is 12.8 Å². The Bertz CT molecular complexity index is 983. The number of nitrogens with one attached hydrogen (secondary N) is 2. The van der Waals surface area contributed by atoms with Gasteiger partial charge in [-0.1, -0.05) is 37.3 Å². The molecule has 0 atom stereocenters. The zero-order chi connectivity index (χ0) is 22.1. The maximum Gasteiger partial charge on any atom is 0.191 e. The van der Waals surface area contributed by atoms with E-state index in [4.69, 9.17) is 0 Å². The van der Waals surface area contributed by atoms with Gasteiger partial charge in [-0.3, -0.25) is 4.99 Å². The molecular weight excluding hydrogens is 530 g/mol. The summed E-state index contributed by atoms with van der Waals surface area (Å²) in [4.78, 5) is 6.44. The monoisotopic (exact) mass is 562 g/mol. The molecule has 6 nitrogen and oxygen atoms in total. The zero-order valence-corrected chi connectivity index (χ0v) is 21.6. The fourth-order valence-corrected chi connectivity index (χ4v) is 3.88. The molecule has 2 aromatic carbocycles. The highest BCUT2D eigenvalue weighted by Crippen LogP contribution is 2.14. The van der Waals surface area contributed by atoms with Gasteiger partial charge in [0.05, 0.1) is 5.75 Å². The number of guanidine groups is 1. The van der Waals surface area contributed by atoms with E-state index in [9.17, 15) is 12.8 Å². The Labute approximate surface area is 202 Å². The summed E-state index contributed by atoms with van der Waals surface area (Å²) in [6, 6.07) is 12.5. The van der Waals surface area contributed by atoms with Crippen LogP contribution in [0.4, 0.5) is 4.39 Å². The van der Waals surface area contributed by atoms with E-state index < -0.39 is 15.7 Å². The second kappa shape index (κ2) is 13.0. The molecule has 172 valence electrons. The molecule has 0 radical (unpaired) electrons. The molecule has 0 unspecified atom stereocenters. The lowest BCUT2D eigenvalue weighted by molar-refractivity contribution is 0.345. The molecular formula is C22H32FIN4O2S. The minimum absolute atomic E-state index is 0. The fourth-order valence-electron chi connectivity index (χ4n) is 3.03. The Kier molecular flexibility index (Phi) is 11.4. The third-order valence-corrected chi connectivity index (χ3v) is 5.53. The van der Waals surface area contributed by atoms with Gasteiger partial charge < -0.3 is 15.5 Å².